The average molecular weight is 870 g/mol. The van der Waals surface area contributed by atoms with E-state index in [0.29, 0.717) is 59.3 Å². The van der Waals surface area contributed by atoms with Crippen LogP contribution in [0.25, 0.3) is 10.9 Å². The zero-order valence-corrected chi connectivity index (χ0v) is 35.7. The molecule has 2 amide bonds. The zero-order chi connectivity index (χ0) is 43.7. The van der Waals surface area contributed by atoms with Crippen molar-refractivity contribution in [2.45, 2.75) is 50.7 Å². The van der Waals surface area contributed by atoms with Crippen molar-refractivity contribution < 1.29 is 29.3 Å². The van der Waals surface area contributed by atoms with E-state index < -0.39 is 18.2 Å². The number of fused-ring (bicyclic) bond motifs is 4. The molecule has 9 rings (SSSR count). The standard InChI is InChI=1S/C50H52ClN5O7/c51-42-13-5-4-10-38(42)30-56(25-7-24-52-29-44(58)40-18-20-43(57)48-41(40)19-21-46(59)53-48)49(60)36-16-14-33(15-17-36)32-62-39-12-6-11-37(28-39)47(35-8-2-1-3-9-35)54-50(61)63-45-31-55-26-22-34(45)23-27-55/h1-6,8-21,28,34,44-45,47,52,57-58H,7,22-27,29-32H2,(H,53,59)(H,54,61)/t44-,45-,47-/m0/s1. The normalized spacial score (nSPS) is 17.8. The maximum absolute atomic E-state index is 14.0. The molecule has 0 unspecified atom stereocenters. The van der Waals surface area contributed by atoms with Crippen molar-refractivity contribution >= 4 is 34.5 Å². The number of rotatable bonds is 17. The number of halogens is 1. The van der Waals surface area contributed by atoms with E-state index in [2.05, 4.69) is 20.5 Å². The number of nitrogens with one attached hydrogen (secondary N) is 3. The van der Waals surface area contributed by atoms with E-state index >= 15 is 0 Å². The highest BCUT2D eigenvalue weighted by Gasteiger charge is 2.37. The summed E-state index contributed by atoms with van der Waals surface area (Å²) in [7, 11) is 0. The minimum absolute atomic E-state index is 0.0683. The minimum atomic E-state index is -0.898. The number of carbonyl (C=O) groups is 2. The average Bonchev–Trinajstić information content (AvgIpc) is 3.31. The molecule has 4 heterocycles. The largest absolute Gasteiger partial charge is 0.506 e. The van der Waals surface area contributed by atoms with E-state index in [9.17, 15) is 24.6 Å². The van der Waals surface area contributed by atoms with Gasteiger partial charge in [0.2, 0.25) is 5.56 Å². The van der Waals surface area contributed by atoms with E-state index in [0.717, 1.165) is 54.7 Å². The molecule has 3 aliphatic rings. The Morgan fingerprint density at radius 3 is 2.41 bits per heavy atom. The molecule has 0 saturated carbocycles. The molecule has 13 heteroatoms. The lowest BCUT2D eigenvalue weighted by molar-refractivity contribution is -0.0336. The number of nitrogens with zero attached hydrogens (tertiary/aromatic N) is 2. The van der Waals surface area contributed by atoms with Gasteiger partial charge in [0.15, 0.2) is 0 Å². The molecule has 63 heavy (non-hydrogen) atoms. The number of benzene rings is 5. The van der Waals surface area contributed by atoms with Gasteiger partial charge < -0.3 is 40.2 Å². The molecular formula is C50H52ClN5O7. The summed E-state index contributed by atoms with van der Waals surface area (Å²) in [5, 5.41) is 28.8. The molecule has 12 nitrogen and oxygen atoms in total. The van der Waals surface area contributed by atoms with Crippen LogP contribution in [-0.2, 0) is 17.9 Å². The van der Waals surface area contributed by atoms with Crippen LogP contribution in [-0.4, -0.2) is 82.4 Å². The summed E-state index contributed by atoms with van der Waals surface area (Å²) in [5.74, 6) is 0.832. The summed E-state index contributed by atoms with van der Waals surface area (Å²) in [4.78, 5) is 45.9. The molecule has 0 spiro atoms. The Labute approximate surface area is 371 Å². The molecule has 3 fully saturated rings. The van der Waals surface area contributed by atoms with Crippen molar-refractivity contribution in [2.75, 3.05) is 39.3 Å². The second-order valence-electron chi connectivity index (χ2n) is 16.3. The number of hydrogen-bond donors (Lipinski definition) is 5. The highest BCUT2D eigenvalue weighted by atomic mass is 35.5. The van der Waals surface area contributed by atoms with Crippen LogP contribution in [0.5, 0.6) is 11.5 Å². The van der Waals surface area contributed by atoms with Crippen LogP contribution in [0.15, 0.2) is 132 Å². The molecule has 3 atom stereocenters. The number of hydrogen-bond acceptors (Lipinski definition) is 9. The van der Waals surface area contributed by atoms with Gasteiger partial charge in [0, 0.05) is 48.2 Å². The minimum Gasteiger partial charge on any atom is -0.506 e. The number of piperidine rings is 3. The second-order valence-corrected chi connectivity index (χ2v) is 16.7. The number of amides is 2. The first-order valence-electron chi connectivity index (χ1n) is 21.5. The number of H-pyrrole nitrogens is 1. The van der Waals surface area contributed by atoms with Crippen molar-refractivity contribution in [1.82, 2.24) is 25.4 Å². The van der Waals surface area contributed by atoms with Gasteiger partial charge in [-0.15, -0.1) is 0 Å². The smallest absolute Gasteiger partial charge is 0.408 e. The number of pyridine rings is 1. The lowest BCUT2D eigenvalue weighted by Gasteiger charge is -2.43. The predicted octanol–water partition coefficient (Wildman–Crippen LogP) is 7.73. The maximum Gasteiger partial charge on any atom is 0.408 e. The highest BCUT2D eigenvalue weighted by molar-refractivity contribution is 6.31. The van der Waals surface area contributed by atoms with E-state index in [4.69, 9.17) is 21.1 Å². The molecule has 5 N–H and O–H groups in total. The van der Waals surface area contributed by atoms with Crippen LogP contribution in [0, 0.1) is 5.92 Å². The number of aromatic hydroxyl groups is 1. The summed E-state index contributed by atoms with van der Waals surface area (Å²) in [6.07, 6.45) is 1.29. The van der Waals surface area contributed by atoms with E-state index in [1.165, 1.54) is 12.1 Å². The quantitative estimate of drug-likeness (QED) is 0.0579. The fraction of sp³-hybridized carbons (Fsp3) is 0.300. The molecule has 0 aliphatic carbocycles. The van der Waals surface area contributed by atoms with Crippen LogP contribution in [0.2, 0.25) is 5.02 Å². The van der Waals surface area contributed by atoms with Gasteiger partial charge in [0.1, 0.15) is 24.2 Å². The molecule has 326 valence electrons. The summed E-state index contributed by atoms with van der Waals surface area (Å²) in [6.45, 7) is 4.67. The number of alkyl carbamates (subject to hydrolysis) is 1. The fourth-order valence-electron chi connectivity index (χ4n) is 8.59. The summed E-state index contributed by atoms with van der Waals surface area (Å²) in [6, 6.07) is 38.0. The Balaban J connectivity index is 0.880. The summed E-state index contributed by atoms with van der Waals surface area (Å²) in [5.41, 5.74) is 4.53. The van der Waals surface area contributed by atoms with Crippen molar-refractivity contribution in [2.24, 2.45) is 5.92 Å². The molecule has 6 aromatic rings. The van der Waals surface area contributed by atoms with Crippen LogP contribution in [0.4, 0.5) is 4.79 Å². The number of aromatic amines is 1. The van der Waals surface area contributed by atoms with Gasteiger partial charge in [-0.05, 0) is 115 Å². The van der Waals surface area contributed by atoms with Crippen LogP contribution >= 0.6 is 11.6 Å². The SMILES string of the molecule is O=C(N[C@@H](c1ccccc1)c1cccc(OCc2ccc(C(=O)N(CCCNC[C@H](O)c3ccc(O)c4[nH]c(=O)ccc34)Cc3ccccc3Cl)cc2)c1)O[C@H]1CN2CCC1CC2. The zero-order valence-electron chi connectivity index (χ0n) is 34.9. The number of phenolic OH excluding ortho intramolecular Hbond substituents is 1. The van der Waals surface area contributed by atoms with Gasteiger partial charge in [-0.2, -0.15) is 0 Å². The Kier molecular flexibility index (Phi) is 14.0. The number of phenols is 1. The molecule has 2 bridgehead atoms. The van der Waals surface area contributed by atoms with Crippen molar-refractivity contribution in [3.05, 3.63) is 176 Å². The maximum atomic E-state index is 14.0. The van der Waals surface area contributed by atoms with Crippen LogP contribution in [0.1, 0.15) is 69.6 Å². The summed E-state index contributed by atoms with van der Waals surface area (Å²) >= 11 is 6.54. The van der Waals surface area contributed by atoms with Gasteiger partial charge in [-0.1, -0.05) is 90.5 Å². The molecule has 3 aliphatic heterocycles. The van der Waals surface area contributed by atoms with E-state index in [-0.39, 0.29) is 42.0 Å². The van der Waals surface area contributed by atoms with E-state index in [1.807, 2.05) is 84.9 Å². The number of ether oxygens (including phenoxy) is 2. The van der Waals surface area contributed by atoms with Crippen molar-refractivity contribution in [3.63, 3.8) is 0 Å². The lowest BCUT2D eigenvalue weighted by atomic mass is 9.86. The number of aliphatic hydroxyl groups is 1. The monoisotopic (exact) mass is 869 g/mol. The first kappa shape index (κ1) is 43.5. The molecular weight excluding hydrogens is 818 g/mol. The third-order valence-corrected chi connectivity index (χ3v) is 12.4. The number of carbonyl (C=O) groups excluding carboxylic acids is 2. The molecule has 5 aromatic carbocycles. The lowest BCUT2D eigenvalue weighted by Crippen LogP contribution is -2.52. The predicted molar refractivity (Wildman–Crippen MR) is 243 cm³/mol. The Morgan fingerprint density at radius 2 is 1.65 bits per heavy atom. The topological polar surface area (TPSA) is 156 Å². The second kappa shape index (κ2) is 20.3. The van der Waals surface area contributed by atoms with Crippen molar-refractivity contribution in [1.29, 1.82) is 0 Å². The first-order valence-corrected chi connectivity index (χ1v) is 21.9. The third kappa shape index (κ3) is 10.9. The van der Waals surface area contributed by atoms with Crippen LogP contribution < -0.4 is 20.9 Å². The van der Waals surface area contributed by atoms with Gasteiger partial charge in [0.05, 0.1) is 17.7 Å². The number of aromatic nitrogens is 1. The summed E-state index contributed by atoms with van der Waals surface area (Å²) < 4.78 is 12.3. The van der Waals surface area contributed by atoms with Gasteiger partial charge >= 0.3 is 6.09 Å². The van der Waals surface area contributed by atoms with Gasteiger partial charge in [-0.25, -0.2) is 4.79 Å². The van der Waals surface area contributed by atoms with Gasteiger partial charge in [-0.3, -0.25) is 14.5 Å². The Hall–Kier alpha value is -6.18. The van der Waals surface area contributed by atoms with Crippen LogP contribution in [0.3, 0.4) is 0 Å². The third-order valence-electron chi connectivity index (χ3n) is 12.0. The first-order chi connectivity index (χ1) is 30.7. The Bertz CT molecular complexity index is 2560. The molecule has 1 aromatic heterocycles. The van der Waals surface area contributed by atoms with Gasteiger partial charge in [0.25, 0.3) is 5.91 Å². The fourth-order valence-corrected chi connectivity index (χ4v) is 8.79. The number of aliphatic hydroxyl groups excluding tert-OH is 1. The highest BCUT2D eigenvalue weighted by Crippen LogP contribution is 2.32. The van der Waals surface area contributed by atoms with E-state index in [1.54, 1.807) is 35.2 Å². The Morgan fingerprint density at radius 1 is 0.889 bits per heavy atom. The molecule has 0 radical (unpaired) electrons. The van der Waals surface area contributed by atoms with Crippen molar-refractivity contribution in [3.8, 4) is 11.5 Å². The molecule has 3 saturated heterocycles.